The van der Waals surface area contributed by atoms with Crippen molar-refractivity contribution in [1.29, 1.82) is 5.26 Å². The maximum atomic E-state index is 10.2. The molecule has 0 bridgehead atoms. The van der Waals surface area contributed by atoms with Gasteiger partial charge in [0.15, 0.2) is 0 Å². The molecule has 0 saturated carbocycles. The van der Waals surface area contributed by atoms with Gasteiger partial charge >= 0.3 is 5.97 Å². The first-order valence-corrected chi connectivity index (χ1v) is 3.89. The number of nitrogens with zero attached hydrogens (tertiary/aromatic N) is 1. The number of anilines is 2. The van der Waals surface area contributed by atoms with Crippen molar-refractivity contribution in [3.63, 3.8) is 0 Å². The van der Waals surface area contributed by atoms with Gasteiger partial charge in [-0.3, -0.25) is 4.79 Å². The highest BCUT2D eigenvalue weighted by Gasteiger charge is 2.01. The van der Waals surface area contributed by atoms with Crippen LogP contribution in [0.4, 0.5) is 11.4 Å². The number of carboxylic acids is 1. The summed E-state index contributed by atoms with van der Waals surface area (Å²) in [5.41, 5.74) is 6.77. The van der Waals surface area contributed by atoms with Gasteiger partial charge in [-0.25, -0.2) is 0 Å². The van der Waals surface area contributed by atoms with E-state index in [0.29, 0.717) is 16.9 Å². The molecule has 0 fully saturated rings. The fourth-order valence-electron chi connectivity index (χ4n) is 0.941. The van der Waals surface area contributed by atoms with Crippen molar-refractivity contribution in [2.45, 2.75) is 0 Å². The van der Waals surface area contributed by atoms with Crippen LogP contribution in [0.1, 0.15) is 5.56 Å². The fraction of sp³-hybridized carbons (Fsp3) is 0.111. The Morgan fingerprint density at radius 3 is 2.93 bits per heavy atom. The van der Waals surface area contributed by atoms with E-state index in [-0.39, 0.29) is 6.54 Å². The molecule has 0 radical (unpaired) electrons. The molecular weight excluding hydrogens is 182 g/mol. The Balaban J connectivity index is 2.80. The van der Waals surface area contributed by atoms with Crippen LogP contribution in [-0.2, 0) is 4.79 Å². The monoisotopic (exact) mass is 191 g/mol. The number of nitriles is 1. The Morgan fingerprint density at radius 2 is 2.36 bits per heavy atom. The van der Waals surface area contributed by atoms with Crippen LogP contribution in [0.5, 0.6) is 0 Å². The van der Waals surface area contributed by atoms with Gasteiger partial charge in [0.1, 0.15) is 12.6 Å². The smallest absolute Gasteiger partial charge is 0.322 e. The van der Waals surface area contributed by atoms with E-state index in [2.05, 4.69) is 5.32 Å². The second-order valence-corrected chi connectivity index (χ2v) is 2.66. The molecule has 0 atom stereocenters. The highest BCUT2D eigenvalue weighted by atomic mass is 16.4. The van der Waals surface area contributed by atoms with Gasteiger partial charge in [-0.05, 0) is 18.2 Å². The maximum absolute atomic E-state index is 10.2. The lowest BCUT2D eigenvalue weighted by Crippen LogP contribution is -2.12. The van der Waals surface area contributed by atoms with E-state index >= 15 is 0 Å². The predicted molar refractivity (Wildman–Crippen MR) is 51.7 cm³/mol. The van der Waals surface area contributed by atoms with Crippen molar-refractivity contribution in [2.75, 3.05) is 17.6 Å². The summed E-state index contributed by atoms with van der Waals surface area (Å²) in [6.45, 7) is -0.186. The van der Waals surface area contributed by atoms with E-state index in [1.807, 2.05) is 6.07 Å². The van der Waals surface area contributed by atoms with Crippen molar-refractivity contribution >= 4 is 17.3 Å². The lowest BCUT2D eigenvalue weighted by atomic mass is 10.2. The Bertz CT molecular complexity index is 396. The maximum Gasteiger partial charge on any atom is 0.322 e. The van der Waals surface area contributed by atoms with Gasteiger partial charge in [0, 0.05) is 11.4 Å². The highest BCUT2D eigenvalue weighted by molar-refractivity contribution is 5.73. The Labute approximate surface area is 80.8 Å². The number of nitrogens with two attached hydrogens (primary N) is 1. The molecular formula is C9H9N3O2. The second kappa shape index (κ2) is 4.14. The molecule has 0 unspecified atom stereocenters. The SMILES string of the molecule is N#Cc1cc(NCC(=O)O)ccc1N. The zero-order valence-electron chi connectivity index (χ0n) is 7.32. The normalized spacial score (nSPS) is 9.07. The number of nitrogen functional groups attached to an aromatic ring is 1. The van der Waals surface area contributed by atoms with Gasteiger partial charge in [0.25, 0.3) is 0 Å². The summed E-state index contributed by atoms with van der Waals surface area (Å²) < 4.78 is 0. The minimum Gasteiger partial charge on any atom is -0.480 e. The predicted octanol–water partition coefficient (Wildman–Crippen LogP) is 0.637. The van der Waals surface area contributed by atoms with E-state index in [9.17, 15) is 4.79 Å². The molecule has 72 valence electrons. The van der Waals surface area contributed by atoms with Crippen LogP contribution >= 0.6 is 0 Å². The third-order valence-electron chi connectivity index (χ3n) is 1.62. The molecule has 5 nitrogen and oxygen atoms in total. The summed E-state index contributed by atoms with van der Waals surface area (Å²) in [5.74, 6) is -0.958. The first-order valence-electron chi connectivity index (χ1n) is 3.89. The lowest BCUT2D eigenvalue weighted by molar-refractivity contribution is -0.134. The third-order valence-corrected chi connectivity index (χ3v) is 1.62. The van der Waals surface area contributed by atoms with E-state index in [4.69, 9.17) is 16.1 Å². The van der Waals surface area contributed by atoms with Gasteiger partial charge in [-0.2, -0.15) is 5.26 Å². The molecule has 1 aromatic rings. The van der Waals surface area contributed by atoms with Crippen LogP contribution in [0, 0.1) is 11.3 Å². The van der Waals surface area contributed by atoms with E-state index < -0.39 is 5.97 Å². The zero-order valence-corrected chi connectivity index (χ0v) is 7.32. The molecule has 0 aromatic heterocycles. The van der Waals surface area contributed by atoms with Gasteiger partial charge in [-0.1, -0.05) is 0 Å². The van der Waals surface area contributed by atoms with E-state index in [1.165, 1.54) is 6.07 Å². The van der Waals surface area contributed by atoms with Crippen molar-refractivity contribution in [2.24, 2.45) is 0 Å². The number of carbonyl (C=O) groups is 1. The topological polar surface area (TPSA) is 99.1 Å². The first kappa shape index (κ1) is 9.86. The summed E-state index contributed by atoms with van der Waals surface area (Å²) in [4.78, 5) is 10.2. The molecule has 14 heavy (non-hydrogen) atoms. The zero-order chi connectivity index (χ0) is 10.6. The van der Waals surface area contributed by atoms with Crippen LogP contribution in [0.3, 0.4) is 0 Å². The molecule has 1 rings (SSSR count). The van der Waals surface area contributed by atoms with E-state index in [1.54, 1.807) is 12.1 Å². The third kappa shape index (κ3) is 2.38. The summed E-state index contributed by atoms with van der Waals surface area (Å²) in [7, 11) is 0. The molecule has 0 heterocycles. The molecule has 0 aliphatic heterocycles. The van der Waals surface area contributed by atoms with E-state index in [0.717, 1.165) is 0 Å². The van der Waals surface area contributed by atoms with Gasteiger partial charge < -0.3 is 16.2 Å². The average Bonchev–Trinajstić information content (AvgIpc) is 2.16. The van der Waals surface area contributed by atoms with Crippen LogP contribution in [-0.4, -0.2) is 17.6 Å². The summed E-state index contributed by atoms with van der Waals surface area (Å²) in [6.07, 6.45) is 0. The molecule has 0 aliphatic rings. The Hall–Kier alpha value is -2.22. The minimum atomic E-state index is -0.958. The van der Waals surface area contributed by atoms with Crippen molar-refractivity contribution in [3.05, 3.63) is 23.8 Å². The van der Waals surface area contributed by atoms with Crippen LogP contribution in [0.15, 0.2) is 18.2 Å². The average molecular weight is 191 g/mol. The van der Waals surface area contributed by atoms with Crippen molar-refractivity contribution in [3.8, 4) is 6.07 Å². The van der Waals surface area contributed by atoms with Gasteiger partial charge in [0.2, 0.25) is 0 Å². The number of hydrogen-bond acceptors (Lipinski definition) is 4. The molecule has 0 spiro atoms. The number of aliphatic carboxylic acids is 1. The quantitative estimate of drug-likeness (QED) is 0.609. The van der Waals surface area contributed by atoms with Crippen LogP contribution in [0.2, 0.25) is 0 Å². The molecule has 0 saturated heterocycles. The molecule has 0 amide bonds. The fourth-order valence-corrected chi connectivity index (χ4v) is 0.941. The number of benzene rings is 1. The van der Waals surface area contributed by atoms with Gasteiger partial charge in [-0.15, -0.1) is 0 Å². The highest BCUT2D eigenvalue weighted by Crippen LogP contribution is 2.16. The number of hydrogen-bond donors (Lipinski definition) is 3. The van der Waals surface area contributed by atoms with Crippen molar-refractivity contribution < 1.29 is 9.90 Å². The first-order chi connectivity index (χ1) is 6.63. The van der Waals surface area contributed by atoms with Crippen LogP contribution in [0.25, 0.3) is 0 Å². The molecule has 1 aromatic carbocycles. The van der Waals surface area contributed by atoms with Crippen LogP contribution < -0.4 is 11.1 Å². The largest absolute Gasteiger partial charge is 0.480 e. The minimum absolute atomic E-state index is 0.186. The number of nitrogens with one attached hydrogen (secondary N) is 1. The second-order valence-electron chi connectivity index (χ2n) is 2.66. The summed E-state index contributed by atoms with van der Waals surface area (Å²) in [5, 5.41) is 19.7. The number of carboxylic acid groups (broad SMARTS) is 1. The van der Waals surface area contributed by atoms with Gasteiger partial charge in [0.05, 0.1) is 5.56 Å². The molecule has 0 aliphatic carbocycles. The summed E-state index contributed by atoms with van der Waals surface area (Å²) >= 11 is 0. The number of rotatable bonds is 3. The standard InChI is InChI=1S/C9H9N3O2/c10-4-6-3-7(1-2-8(6)11)12-5-9(13)14/h1-3,12H,5,11H2,(H,13,14). The lowest BCUT2D eigenvalue weighted by Gasteiger charge is -2.04. The molecule has 5 heteroatoms. The Kier molecular flexibility index (Phi) is 2.92. The summed E-state index contributed by atoms with van der Waals surface area (Å²) in [6, 6.07) is 6.61. The van der Waals surface area contributed by atoms with Crippen molar-refractivity contribution in [1.82, 2.24) is 0 Å². The molecule has 4 N–H and O–H groups in total. The Morgan fingerprint density at radius 1 is 1.64 bits per heavy atom.